The number of carbonyl (C=O) groups is 1. The molecule has 35 heavy (non-hydrogen) atoms. The lowest BCUT2D eigenvalue weighted by Crippen LogP contribution is -2.48. The number of nitrogens with zero attached hydrogens (tertiary/aromatic N) is 6. The number of likely N-dealkylation sites (N-methyl/N-ethyl adjacent to an activating group) is 1. The van der Waals surface area contributed by atoms with E-state index in [-0.39, 0.29) is 18.3 Å². The molecule has 3 aromatic heterocycles. The molecule has 3 N–H and O–H groups in total. The quantitative estimate of drug-likeness (QED) is 0.375. The molecule has 1 fully saturated rings. The van der Waals surface area contributed by atoms with Gasteiger partial charge in [0.1, 0.15) is 11.3 Å². The van der Waals surface area contributed by atoms with Crippen molar-refractivity contribution in [2.45, 2.75) is 13.5 Å². The maximum Gasteiger partial charge on any atom is 0.234 e. The van der Waals surface area contributed by atoms with E-state index < -0.39 is 0 Å². The van der Waals surface area contributed by atoms with Gasteiger partial charge in [-0.05, 0) is 37.7 Å². The first-order valence-corrected chi connectivity index (χ1v) is 11.6. The number of piperazine rings is 1. The maximum absolute atomic E-state index is 13.5. The van der Waals surface area contributed by atoms with E-state index in [2.05, 4.69) is 42.8 Å². The van der Waals surface area contributed by atoms with Crippen LogP contribution in [0, 0.1) is 12.7 Å². The van der Waals surface area contributed by atoms with Crippen LogP contribution in [-0.4, -0.2) is 80.3 Å². The molecule has 1 aromatic carbocycles. The Morgan fingerprint density at radius 3 is 2.63 bits per heavy atom. The average Bonchev–Trinajstić information content (AvgIpc) is 3.46. The molecule has 0 atom stereocenters. The number of rotatable bonds is 7. The highest BCUT2D eigenvalue weighted by molar-refractivity contribution is 5.89. The predicted octanol–water partition coefficient (Wildman–Crippen LogP) is 2.17. The minimum atomic E-state index is -0.298. The zero-order valence-electron chi connectivity index (χ0n) is 19.8. The van der Waals surface area contributed by atoms with Crippen molar-refractivity contribution in [2.24, 2.45) is 0 Å². The van der Waals surface area contributed by atoms with Gasteiger partial charge in [0.15, 0.2) is 17.5 Å². The summed E-state index contributed by atoms with van der Waals surface area (Å²) in [6.45, 7) is 6.12. The number of hydrogen-bond acceptors (Lipinski definition) is 7. The van der Waals surface area contributed by atoms with Crippen molar-refractivity contribution in [3.63, 3.8) is 0 Å². The smallest absolute Gasteiger partial charge is 0.234 e. The Morgan fingerprint density at radius 1 is 1.14 bits per heavy atom. The summed E-state index contributed by atoms with van der Waals surface area (Å²) in [6.07, 6.45) is 1.83. The fourth-order valence-corrected chi connectivity index (χ4v) is 4.14. The van der Waals surface area contributed by atoms with Crippen LogP contribution in [0.2, 0.25) is 0 Å². The van der Waals surface area contributed by atoms with Gasteiger partial charge in [-0.1, -0.05) is 12.1 Å². The molecule has 11 heteroatoms. The summed E-state index contributed by atoms with van der Waals surface area (Å²) < 4.78 is 15.2. The third kappa shape index (κ3) is 5.31. The lowest BCUT2D eigenvalue weighted by Gasteiger charge is -2.31. The number of halogens is 1. The number of fused-ring (bicyclic) bond motifs is 1. The third-order valence-corrected chi connectivity index (χ3v) is 6.07. The molecule has 10 nitrogen and oxygen atoms in total. The lowest BCUT2D eigenvalue weighted by atomic mass is 10.1. The summed E-state index contributed by atoms with van der Waals surface area (Å²) in [5.74, 6) is 1.25. The highest BCUT2D eigenvalue weighted by Crippen LogP contribution is 2.31. The van der Waals surface area contributed by atoms with Crippen molar-refractivity contribution in [2.75, 3.05) is 45.1 Å². The molecule has 4 aromatic rings. The summed E-state index contributed by atoms with van der Waals surface area (Å²) in [5, 5.41) is 18.0. The van der Waals surface area contributed by atoms with E-state index in [4.69, 9.17) is 4.98 Å². The van der Waals surface area contributed by atoms with Gasteiger partial charge < -0.3 is 15.5 Å². The van der Waals surface area contributed by atoms with E-state index in [9.17, 15) is 9.18 Å². The van der Waals surface area contributed by atoms with Crippen LogP contribution in [0.25, 0.3) is 16.6 Å². The largest absolute Gasteiger partial charge is 0.348 e. The number of hydrogen-bond donors (Lipinski definition) is 3. The molecule has 182 valence electrons. The number of benzene rings is 1. The first-order valence-electron chi connectivity index (χ1n) is 11.6. The second-order valence-electron chi connectivity index (χ2n) is 8.82. The van der Waals surface area contributed by atoms with Crippen molar-refractivity contribution < 1.29 is 9.18 Å². The number of carbonyl (C=O) groups excluding carboxylic acids is 1. The number of aromatic nitrogens is 5. The highest BCUT2D eigenvalue weighted by Gasteiger charge is 2.18. The molecule has 1 aliphatic heterocycles. The first-order chi connectivity index (χ1) is 16.9. The fraction of sp³-hybridized carbons (Fsp3) is 0.333. The third-order valence-electron chi connectivity index (χ3n) is 6.07. The molecule has 4 heterocycles. The molecular formula is C24H28FN9O. The summed E-state index contributed by atoms with van der Waals surface area (Å²) in [4.78, 5) is 21.6. The number of nitrogens with one attached hydrogen (secondary N) is 3. The SMILES string of the molecule is Cc1cc(Nc2nc(CNC(=O)CN3CCN(C)CC3)nn3ccc(-c4ccc(F)cc4)c23)n[nH]1. The second kappa shape index (κ2) is 9.80. The van der Waals surface area contributed by atoms with E-state index in [1.807, 2.05) is 25.3 Å². The van der Waals surface area contributed by atoms with Crippen molar-refractivity contribution in [1.82, 2.24) is 39.9 Å². The lowest BCUT2D eigenvalue weighted by molar-refractivity contribution is -0.122. The minimum absolute atomic E-state index is 0.0600. The Labute approximate surface area is 202 Å². The fourth-order valence-electron chi connectivity index (χ4n) is 4.14. The standard InChI is InChI=1S/C24H28FN9O/c1-16-13-20(30-29-16)27-24-23-19(17-3-5-18(25)6-4-17)7-8-34(23)31-21(28-24)14-26-22(35)15-33-11-9-32(2)10-12-33/h3-8,13H,9-12,14-15H2,1-2H3,(H,26,35)(H2,27,28,29,30,31). The molecule has 0 unspecified atom stereocenters. The van der Waals surface area contributed by atoms with Gasteiger partial charge in [-0.2, -0.15) is 10.2 Å². The number of H-pyrrole nitrogens is 1. The average molecular weight is 478 g/mol. The van der Waals surface area contributed by atoms with E-state index in [0.717, 1.165) is 48.5 Å². The van der Waals surface area contributed by atoms with Crippen LogP contribution >= 0.6 is 0 Å². The number of aromatic amines is 1. The molecule has 1 saturated heterocycles. The minimum Gasteiger partial charge on any atom is -0.348 e. The van der Waals surface area contributed by atoms with Crippen LogP contribution in [0.5, 0.6) is 0 Å². The van der Waals surface area contributed by atoms with Crippen LogP contribution in [0.15, 0.2) is 42.6 Å². The summed E-state index contributed by atoms with van der Waals surface area (Å²) in [6, 6.07) is 10.1. The van der Waals surface area contributed by atoms with Crippen LogP contribution in [0.4, 0.5) is 16.0 Å². The normalized spacial score (nSPS) is 14.9. The number of anilines is 2. The molecule has 5 rings (SSSR count). The molecule has 1 amide bonds. The zero-order chi connectivity index (χ0) is 24.4. The van der Waals surface area contributed by atoms with Gasteiger partial charge in [0, 0.05) is 49.7 Å². The van der Waals surface area contributed by atoms with Gasteiger partial charge in [0.2, 0.25) is 5.91 Å². The van der Waals surface area contributed by atoms with E-state index in [1.165, 1.54) is 12.1 Å². The Morgan fingerprint density at radius 2 is 1.91 bits per heavy atom. The molecule has 1 aliphatic rings. The second-order valence-corrected chi connectivity index (χ2v) is 8.82. The summed E-state index contributed by atoms with van der Waals surface area (Å²) in [5.41, 5.74) is 3.32. The molecule has 0 spiro atoms. The summed E-state index contributed by atoms with van der Waals surface area (Å²) >= 11 is 0. The molecule has 0 bridgehead atoms. The van der Waals surface area contributed by atoms with Crippen LogP contribution < -0.4 is 10.6 Å². The zero-order valence-corrected chi connectivity index (χ0v) is 19.8. The van der Waals surface area contributed by atoms with E-state index >= 15 is 0 Å². The monoisotopic (exact) mass is 477 g/mol. The maximum atomic E-state index is 13.5. The number of aryl methyl sites for hydroxylation is 1. The topological polar surface area (TPSA) is 106 Å². The van der Waals surface area contributed by atoms with Gasteiger partial charge in [0.05, 0.1) is 13.1 Å². The Bertz CT molecular complexity index is 1320. The molecule has 0 saturated carbocycles. The van der Waals surface area contributed by atoms with E-state index in [1.54, 1.807) is 16.6 Å². The van der Waals surface area contributed by atoms with Gasteiger partial charge in [-0.3, -0.25) is 14.8 Å². The van der Waals surface area contributed by atoms with Gasteiger partial charge in [0.25, 0.3) is 0 Å². The molecular weight excluding hydrogens is 449 g/mol. The molecule has 0 radical (unpaired) electrons. The van der Waals surface area contributed by atoms with Crippen LogP contribution in [-0.2, 0) is 11.3 Å². The van der Waals surface area contributed by atoms with Gasteiger partial charge in [-0.25, -0.2) is 13.9 Å². The van der Waals surface area contributed by atoms with Crippen LogP contribution in [0.3, 0.4) is 0 Å². The Balaban J connectivity index is 1.39. The first kappa shape index (κ1) is 22.9. The van der Waals surface area contributed by atoms with Gasteiger partial charge >= 0.3 is 0 Å². The van der Waals surface area contributed by atoms with Crippen molar-refractivity contribution in [3.8, 4) is 11.1 Å². The molecule has 0 aliphatic carbocycles. The number of amides is 1. The van der Waals surface area contributed by atoms with Crippen molar-refractivity contribution in [1.29, 1.82) is 0 Å². The van der Waals surface area contributed by atoms with E-state index in [0.29, 0.717) is 24.0 Å². The predicted molar refractivity (Wildman–Crippen MR) is 131 cm³/mol. The Hall–Kier alpha value is -3.83. The summed E-state index contributed by atoms with van der Waals surface area (Å²) in [7, 11) is 2.09. The van der Waals surface area contributed by atoms with Gasteiger partial charge in [-0.15, -0.1) is 0 Å². The van der Waals surface area contributed by atoms with Crippen LogP contribution in [0.1, 0.15) is 11.5 Å². The van der Waals surface area contributed by atoms with Crippen molar-refractivity contribution >= 4 is 23.1 Å². The van der Waals surface area contributed by atoms with Crippen molar-refractivity contribution in [3.05, 3.63) is 59.9 Å². The highest BCUT2D eigenvalue weighted by atomic mass is 19.1. The Kier molecular flexibility index (Phi) is 6.43.